The van der Waals surface area contributed by atoms with Crippen molar-refractivity contribution in [1.29, 1.82) is 0 Å². The van der Waals surface area contributed by atoms with Crippen molar-refractivity contribution in [2.45, 2.75) is 73.7 Å². The van der Waals surface area contributed by atoms with Gasteiger partial charge >= 0.3 is 39.1 Å². The molecule has 0 bridgehead atoms. The van der Waals surface area contributed by atoms with Gasteiger partial charge in [0, 0.05) is 0 Å². The van der Waals surface area contributed by atoms with Crippen molar-refractivity contribution in [2.75, 3.05) is 37.0 Å². The molecule has 6 aromatic rings. The van der Waals surface area contributed by atoms with Gasteiger partial charge < -0.3 is 76.1 Å². The maximum Gasteiger partial charge on any atom is 0.490 e. The average Bonchev–Trinajstić information content (AvgIpc) is 4.18. The molecule has 39 nitrogen and oxygen atoms in total. The Labute approximate surface area is 413 Å². The summed E-state index contributed by atoms with van der Waals surface area (Å²) in [5.41, 5.74) is 17.4. The van der Waals surface area contributed by atoms with Crippen molar-refractivity contribution in [3.63, 3.8) is 0 Å². The van der Waals surface area contributed by atoms with Crippen molar-refractivity contribution < 1.29 is 117 Å². The lowest BCUT2D eigenvalue weighted by Crippen LogP contribution is -2.36. The lowest BCUT2D eigenvalue weighted by molar-refractivity contribution is -0.0642. The third-order valence-corrected chi connectivity index (χ3v) is 16.8. The van der Waals surface area contributed by atoms with Crippen molar-refractivity contribution in [3.8, 4) is 0 Å². The Morgan fingerprint density at radius 1 is 0.493 bits per heavy atom. The molecule has 9 heterocycles. The third-order valence-electron chi connectivity index (χ3n) is 11.0. The van der Waals surface area contributed by atoms with Gasteiger partial charge in [0.2, 0.25) is 0 Å². The zero-order chi connectivity index (χ0) is 54.2. The fourth-order valence-electron chi connectivity index (χ4n) is 7.80. The first kappa shape index (κ1) is 55.1. The van der Waals surface area contributed by atoms with Gasteiger partial charge in [0.05, 0.1) is 38.8 Å². The lowest BCUT2D eigenvalue weighted by Gasteiger charge is -2.25. The number of alkyl halides is 1. The fraction of sp³-hybridized carbons (Fsp3) is 0.500. The summed E-state index contributed by atoms with van der Waals surface area (Å²) in [6, 6.07) is 0. The maximum absolute atomic E-state index is 16.7. The number of halogens is 1. The number of hydrogen-bond donors (Lipinski definition) is 12. The van der Waals surface area contributed by atoms with Gasteiger partial charge in [0.1, 0.15) is 84.4 Å². The normalized spacial score (nSPS) is 30.7. The van der Waals surface area contributed by atoms with Crippen LogP contribution in [0.25, 0.3) is 33.5 Å². The van der Waals surface area contributed by atoms with E-state index in [9.17, 15) is 57.7 Å². The summed E-state index contributed by atoms with van der Waals surface area (Å²) in [4.78, 5) is 95.0. The van der Waals surface area contributed by atoms with E-state index in [2.05, 4.69) is 58.0 Å². The van der Waals surface area contributed by atoms with E-state index in [0.29, 0.717) is 0 Å². The molecule has 0 amide bonds. The maximum atomic E-state index is 16.7. The van der Waals surface area contributed by atoms with Crippen LogP contribution in [0.2, 0.25) is 0 Å². The van der Waals surface area contributed by atoms with Crippen molar-refractivity contribution >= 4 is 90.1 Å². The summed E-state index contributed by atoms with van der Waals surface area (Å²) < 4.78 is 133. The summed E-state index contributed by atoms with van der Waals surface area (Å²) >= 11 is 0. The minimum Gasteiger partial charge on any atom is -0.387 e. The number of aliphatic hydroxyl groups excluding tert-OH is 3. The van der Waals surface area contributed by atoms with Crippen LogP contribution in [0.4, 0.5) is 21.8 Å². The van der Waals surface area contributed by atoms with Crippen LogP contribution in [-0.2, 0) is 68.3 Å². The molecule has 4 unspecified atom stereocenters. The number of nitrogens with two attached hydrogens (primary N) is 3. The van der Waals surface area contributed by atoms with Crippen molar-refractivity contribution in [2.24, 2.45) is 0 Å². The van der Waals surface area contributed by atoms with Crippen molar-refractivity contribution in [1.82, 2.24) is 58.6 Å². The molecule has 16 atom stereocenters. The molecule has 0 aliphatic carbocycles. The van der Waals surface area contributed by atoms with E-state index >= 15 is 4.39 Å². The zero-order valence-electron chi connectivity index (χ0n) is 36.9. The van der Waals surface area contributed by atoms with Gasteiger partial charge in [-0.05, 0) is 0 Å². The number of rotatable bonds is 20. The Kier molecular flexibility index (Phi) is 15.2. The quantitative estimate of drug-likeness (QED) is 0.0358. The van der Waals surface area contributed by atoms with Gasteiger partial charge in [-0.1, -0.05) is 0 Å². The van der Waals surface area contributed by atoms with E-state index in [1.807, 2.05) is 0 Å². The van der Waals surface area contributed by atoms with Gasteiger partial charge in [-0.25, -0.2) is 72.1 Å². The Bertz CT molecular complexity index is 3360. The lowest BCUT2D eigenvalue weighted by atomic mass is 10.1. The number of aliphatic hydroxyl groups is 3. The van der Waals surface area contributed by atoms with Crippen LogP contribution >= 0.6 is 39.1 Å². The third kappa shape index (κ3) is 11.7. The average molecular weight is 1170 g/mol. The number of phosphoric ester groups is 3. The molecule has 3 aliphatic heterocycles. The Balaban J connectivity index is 0.912. The predicted octanol–water partition coefficient (Wildman–Crippen LogP) is -2.29. The minimum atomic E-state index is -6.01. The molecule has 75 heavy (non-hydrogen) atoms. The number of imidazole rings is 3. The van der Waals surface area contributed by atoms with E-state index in [0.717, 1.165) is 40.8 Å². The number of ether oxygens (including phenoxy) is 3. The van der Waals surface area contributed by atoms with Gasteiger partial charge in [-0.15, -0.1) is 0 Å². The standard InChI is InChI=1S/C30H39FN15O24P5/c31-13-10(1-61-73(55,56)68-21-18(48)12(3-63-74(57,58)70-75(59,60)69-71(50,51)52)66-30(21)46-9-43-16-24(34)37-6-40-27(16)46)64-29(45-8-42-15-23(33)36-5-39-26(15)45)20(13)67-72(53,54)62-2-11-17(47)19(49)28(65-11)44-7-41-14-22(32)35-4-38-25(14)44/h4-13,17-21,28-30,47-49H,1-3H2,(H,53,54)(H,55,56)(H,57,58)(H,59,60)(H2,32,35,38)(H2,33,36,39)(H2,34,37,40)(H2,50,51,52)/t10-,11-,12-,13+,17-,18-,19-,20-,21-,28-,29-,30-/m1/s1. The molecule has 410 valence electrons. The molecule has 15 N–H and O–H groups in total. The van der Waals surface area contributed by atoms with Gasteiger partial charge in [-0.3, -0.25) is 36.3 Å². The summed E-state index contributed by atoms with van der Waals surface area (Å²) in [6.07, 6.45) is -17.0. The van der Waals surface area contributed by atoms with Crippen LogP contribution in [0, 0.1) is 0 Å². The fourth-order valence-corrected chi connectivity index (χ4v) is 12.7. The topological polar surface area (TPSA) is 569 Å². The van der Waals surface area contributed by atoms with Crippen LogP contribution in [0.1, 0.15) is 18.7 Å². The van der Waals surface area contributed by atoms with E-state index in [1.165, 1.54) is 10.9 Å². The summed E-state index contributed by atoms with van der Waals surface area (Å²) in [6.45, 7) is -3.55. The highest BCUT2D eigenvalue weighted by Gasteiger charge is 2.54. The van der Waals surface area contributed by atoms with E-state index < -0.39 is 133 Å². The van der Waals surface area contributed by atoms with Gasteiger partial charge in [0.15, 0.2) is 59.3 Å². The van der Waals surface area contributed by atoms with Crippen LogP contribution in [0.15, 0.2) is 38.0 Å². The molecule has 0 radical (unpaired) electrons. The summed E-state index contributed by atoms with van der Waals surface area (Å²) in [7, 11) is -28.8. The molecule has 45 heteroatoms. The second kappa shape index (κ2) is 20.6. The first-order valence-electron chi connectivity index (χ1n) is 20.6. The highest BCUT2D eigenvalue weighted by atomic mass is 31.3. The summed E-state index contributed by atoms with van der Waals surface area (Å²) in [5, 5.41) is 33.0. The Hall–Kier alpha value is -4.63. The first-order valence-corrected chi connectivity index (χ1v) is 28.2. The van der Waals surface area contributed by atoms with Crippen LogP contribution in [-0.4, -0.2) is 178 Å². The highest BCUT2D eigenvalue weighted by molar-refractivity contribution is 7.66. The Morgan fingerprint density at radius 2 is 0.880 bits per heavy atom. The monoisotopic (exact) mass is 1170 g/mol. The second-order valence-electron chi connectivity index (χ2n) is 15.9. The molecule has 0 aromatic carbocycles. The minimum absolute atomic E-state index is 0.00987. The Morgan fingerprint density at radius 3 is 1.36 bits per heavy atom. The second-order valence-corrected chi connectivity index (χ2v) is 23.1. The number of fused-ring (bicyclic) bond motifs is 3. The summed E-state index contributed by atoms with van der Waals surface area (Å²) in [5.74, 6) is -0.359. The van der Waals surface area contributed by atoms with E-state index in [-0.39, 0.29) is 50.9 Å². The van der Waals surface area contributed by atoms with Crippen LogP contribution < -0.4 is 17.2 Å². The molecule has 9 rings (SSSR count). The van der Waals surface area contributed by atoms with Crippen molar-refractivity contribution in [3.05, 3.63) is 38.0 Å². The number of aromatic nitrogens is 12. The number of nitrogens with zero attached hydrogens (tertiary/aromatic N) is 12. The number of nitrogen functional groups attached to an aromatic ring is 3. The molecule has 6 aromatic heterocycles. The SMILES string of the molecule is Nc1ncnc2c1ncn2[C@@H]1O[C@H](COP(=O)(O)O[C@@H]2[C@@H](F)[C@@H](COP(=O)(O)O[C@@H]3[C@H](O)[C@@H](COP(=O)(O)OP(=O)(O)OP(=O)(O)O)O[C@H]3n3cnc4c(N)ncnc43)O[C@H]2n2cnc3c(N)ncnc32)[C@@H](O)[C@H]1O. The largest absolute Gasteiger partial charge is 0.490 e. The van der Waals surface area contributed by atoms with Gasteiger partial charge in [-0.2, -0.15) is 8.62 Å². The van der Waals surface area contributed by atoms with Crippen LogP contribution in [0.3, 0.4) is 0 Å². The molecule has 3 saturated heterocycles. The molecule has 3 fully saturated rings. The predicted molar refractivity (Wildman–Crippen MR) is 235 cm³/mol. The molecular formula is C30H39FN15O24P5. The number of hydrogen-bond acceptors (Lipinski definition) is 30. The van der Waals surface area contributed by atoms with Gasteiger partial charge in [0.25, 0.3) is 0 Å². The zero-order valence-corrected chi connectivity index (χ0v) is 41.3. The van der Waals surface area contributed by atoms with Crippen LogP contribution in [0.5, 0.6) is 0 Å². The smallest absolute Gasteiger partial charge is 0.387 e. The number of anilines is 3. The highest BCUT2D eigenvalue weighted by Crippen LogP contribution is 2.66. The number of phosphoric acid groups is 5. The van der Waals surface area contributed by atoms with E-state index in [1.54, 1.807) is 0 Å². The first-order chi connectivity index (χ1) is 35.1. The molecule has 3 aliphatic rings. The molecule has 0 spiro atoms. The molecule has 0 saturated carbocycles. The molecular weight excluding hydrogens is 1130 g/mol. The van der Waals surface area contributed by atoms with E-state index in [4.69, 9.17) is 59.3 Å².